The number of H-pyrrole nitrogens is 1. The predicted molar refractivity (Wildman–Crippen MR) is 124 cm³/mol. The van der Waals surface area contributed by atoms with Crippen LogP contribution in [0.5, 0.6) is 0 Å². The summed E-state index contributed by atoms with van der Waals surface area (Å²) >= 11 is 14.1. The first-order valence-corrected chi connectivity index (χ1v) is 11.3. The lowest BCUT2D eigenvalue weighted by Gasteiger charge is -2.14. The number of carbonyl (C=O) groups excluding carboxylic acids is 2. The molecule has 0 saturated carbocycles. The molecule has 29 heavy (non-hydrogen) atoms. The molecule has 9 heteroatoms. The van der Waals surface area contributed by atoms with Crippen LogP contribution in [0.4, 0.5) is 0 Å². The Hall–Kier alpha value is -2.13. The van der Waals surface area contributed by atoms with E-state index < -0.39 is 0 Å². The summed E-state index contributed by atoms with van der Waals surface area (Å²) in [5, 5.41) is 6.53. The Kier molecular flexibility index (Phi) is 6.05. The van der Waals surface area contributed by atoms with Gasteiger partial charge < -0.3 is 10.3 Å². The minimum Gasteiger partial charge on any atom is -0.361 e. The molecule has 0 aliphatic carbocycles. The molecule has 4 rings (SSSR count). The van der Waals surface area contributed by atoms with E-state index in [1.807, 2.05) is 48.0 Å². The lowest BCUT2D eigenvalue weighted by atomic mass is 10.1. The summed E-state index contributed by atoms with van der Waals surface area (Å²) in [6, 6.07) is 9.53. The highest BCUT2D eigenvalue weighted by Crippen LogP contribution is 2.33. The van der Waals surface area contributed by atoms with E-state index in [0.29, 0.717) is 27.2 Å². The van der Waals surface area contributed by atoms with Crippen molar-refractivity contribution >= 4 is 80.0 Å². The average molecular weight is 462 g/mol. The van der Waals surface area contributed by atoms with E-state index >= 15 is 0 Å². The molecular formula is C20H16ClN3O2S3. The molecule has 2 amide bonds. The number of nitrogens with zero attached hydrogens (tertiary/aromatic N) is 1. The van der Waals surface area contributed by atoms with E-state index in [-0.39, 0.29) is 18.4 Å². The number of thiophene rings is 1. The minimum absolute atomic E-state index is 0.0772. The zero-order valence-electron chi connectivity index (χ0n) is 15.1. The molecule has 2 aromatic heterocycles. The highest BCUT2D eigenvalue weighted by atomic mass is 35.5. The van der Waals surface area contributed by atoms with E-state index in [2.05, 4.69) is 10.3 Å². The molecule has 3 aromatic rings. The number of nitrogens with one attached hydrogen (secondary N) is 2. The van der Waals surface area contributed by atoms with Crippen LogP contribution in [0, 0.1) is 0 Å². The van der Waals surface area contributed by atoms with Crippen molar-refractivity contribution in [2.75, 3.05) is 13.1 Å². The van der Waals surface area contributed by atoms with Gasteiger partial charge in [-0.1, -0.05) is 41.6 Å². The molecule has 3 heterocycles. The summed E-state index contributed by atoms with van der Waals surface area (Å²) in [7, 11) is 0. The van der Waals surface area contributed by atoms with E-state index in [9.17, 15) is 9.59 Å². The van der Waals surface area contributed by atoms with Crippen LogP contribution in [0.1, 0.15) is 10.4 Å². The summed E-state index contributed by atoms with van der Waals surface area (Å²) in [6.07, 6.45) is 4.39. The Morgan fingerprint density at radius 3 is 3.00 bits per heavy atom. The van der Waals surface area contributed by atoms with Crippen molar-refractivity contribution in [3.63, 3.8) is 0 Å². The van der Waals surface area contributed by atoms with Gasteiger partial charge in [0.25, 0.3) is 5.91 Å². The fraction of sp³-hybridized carbons (Fsp3) is 0.150. The van der Waals surface area contributed by atoms with Crippen molar-refractivity contribution in [1.29, 1.82) is 0 Å². The minimum atomic E-state index is -0.239. The molecular weight excluding hydrogens is 446 g/mol. The van der Waals surface area contributed by atoms with Crippen LogP contribution in [-0.4, -0.2) is 39.1 Å². The summed E-state index contributed by atoms with van der Waals surface area (Å²) in [5.41, 5.74) is 2.08. The predicted octanol–water partition coefficient (Wildman–Crippen LogP) is 4.44. The van der Waals surface area contributed by atoms with Crippen LogP contribution < -0.4 is 5.32 Å². The van der Waals surface area contributed by atoms with Gasteiger partial charge in [-0.2, -0.15) is 0 Å². The number of hydrogen-bond acceptors (Lipinski definition) is 5. The van der Waals surface area contributed by atoms with Gasteiger partial charge in [-0.15, -0.1) is 11.3 Å². The largest absolute Gasteiger partial charge is 0.361 e. The zero-order chi connectivity index (χ0) is 20.4. The van der Waals surface area contributed by atoms with Gasteiger partial charge in [-0.25, -0.2) is 0 Å². The molecule has 1 aliphatic heterocycles. The maximum Gasteiger partial charge on any atom is 0.266 e. The number of carbonyl (C=O) groups is 2. The Balaban J connectivity index is 1.33. The van der Waals surface area contributed by atoms with Gasteiger partial charge >= 0.3 is 0 Å². The van der Waals surface area contributed by atoms with Gasteiger partial charge in [-0.3, -0.25) is 14.5 Å². The fourth-order valence-electron chi connectivity index (χ4n) is 3.03. The third kappa shape index (κ3) is 4.56. The Morgan fingerprint density at radius 2 is 2.21 bits per heavy atom. The van der Waals surface area contributed by atoms with Crippen LogP contribution in [0.25, 0.3) is 17.0 Å². The Labute approximate surface area is 186 Å². The third-order valence-electron chi connectivity index (χ3n) is 4.44. The molecule has 1 aliphatic rings. The Bertz CT molecular complexity index is 1120. The standard InChI is InChI=1S/C20H16ClN3O2S3/c21-13-3-4-16-15(8-13)12(10-23-16)5-6-22-18(25)11-24-19(26)17(29-20(24)27)9-14-2-1-7-28-14/h1-4,7-10,23H,5-6,11H2,(H,22,25). The highest BCUT2D eigenvalue weighted by molar-refractivity contribution is 8.26. The number of thioether (sulfide) groups is 1. The number of thiocarbonyl (C=S) groups is 1. The SMILES string of the molecule is O=C(CN1C(=O)C(=Cc2cccs2)SC1=S)NCCc1c[nH]c2ccc(Cl)cc12. The van der Waals surface area contributed by atoms with Gasteiger partial charge in [0.05, 0.1) is 4.91 Å². The number of amides is 2. The molecule has 0 unspecified atom stereocenters. The van der Waals surface area contributed by atoms with Crippen molar-refractivity contribution in [2.45, 2.75) is 6.42 Å². The van der Waals surface area contributed by atoms with Crippen molar-refractivity contribution in [2.24, 2.45) is 0 Å². The molecule has 0 bridgehead atoms. The molecule has 1 saturated heterocycles. The lowest BCUT2D eigenvalue weighted by molar-refractivity contribution is -0.128. The van der Waals surface area contributed by atoms with Crippen molar-refractivity contribution in [3.05, 3.63) is 62.3 Å². The number of fused-ring (bicyclic) bond motifs is 1. The summed E-state index contributed by atoms with van der Waals surface area (Å²) in [5.74, 6) is -0.466. The quantitative estimate of drug-likeness (QED) is 0.420. The molecule has 0 spiro atoms. The van der Waals surface area contributed by atoms with Crippen molar-refractivity contribution in [1.82, 2.24) is 15.2 Å². The van der Waals surface area contributed by atoms with E-state index in [1.165, 1.54) is 16.7 Å². The summed E-state index contributed by atoms with van der Waals surface area (Å²) in [6.45, 7) is 0.379. The number of halogens is 1. The maximum absolute atomic E-state index is 12.6. The monoisotopic (exact) mass is 461 g/mol. The van der Waals surface area contributed by atoms with Gasteiger partial charge in [0.1, 0.15) is 10.9 Å². The topological polar surface area (TPSA) is 65.2 Å². The normalized spacial score (nSPS) is 15.6. The van der Waals surface area contributed by atoms with Gasteiger partial charge in [0, 0.05) is 33.5 Å². The smallest absolute Gasteiger partial charge is 0.266 e. The molecule has 148 valence electrons. The van der Waals surface area contributed by atoms with E-state index in [0.717, 1.165) is 21.3 Å². The fourth-order valence-corrected chi connectivity index (χ4v) is 5.18. The number of rotatable bonds is 6. The first kappa shape index (κ1) is 20.2. The second-order valence-electron chi connectivity index (χ2n) is 6.39. The third-order valence-corrected chi connectivity index (χ3v) is 6.87. The van der Waals surface area contributed by atoms with Crippen LogP contribution in [0.3, 0.4) is 0 Å². The highest BCUT2D eigenvalue weighted by Gasteiger charge is 2.33. The second kappa shape index (κ2) is 8.71. The van der Waals surface area contributed by atoms with Crippen LogP contribution in [-0.2, 0) is 16.0 Å². The molecule has 0 atom stereocenters. The lowest BCUT2D eigenvalue weighted by Crippen LogP contribution is -2.40. The van der Waals surface area contributed by atoms with Crippen LogP contribution in [0.2, 0.25) is 5.02 Å². The summed E-state index contributed by atoms with van der Waals surface area (Å²) < 4.78 is 0.402. The second-order valence-corrected chi connectivity index (χ2v) is 9.48. The van der Waals surface area contributed by atoms with Crippen molar-refractivity contribution < 1.29 is 9.59 Å². The number of benzene rings is 1. The summed E-state index contributed by atoms with van der Waals surface area (Å²) in [4.78, 5) is 31.0. The molecule has 2 N–H and O–H groups in total. The van der Waals surface area contributed by atoms with Gasteiger partial charge in [0.15, 0.2) is 0 Å². The molecule has 1 fully saturated rings. The Morgan fingerprint density at radius 1 is 1.34 bits per heavy atom. The van der Waals surface area contributed by atoms with E-state index in [4.69, 9.17) is 23.8 Å². The zero-order valence-corrected chi connectivity index (χ0v) is 18.3. The molecule has 5 nitrogen and oxygen atoms in total. The van der Waals surface area contributed by atoms with Crippen LogP contribution >= 0.6 is 46.9 Å². The average Bonchev–Trinajstić information content (AvgIpc) is 3.40. The number of hydrogen-bond donors (Lipinski definition) is 2. The number of aromatic amines is 1. The van der Waals surface area contributed by atoms with Gasteiger partial charge in [0.2, 0.25) is 5.91 Å². The first-order chi connectivity index (χ1) is 14.0. The maximum atomic E-state index is 12.6. The number of aromatic nitrogens is 1. The molecule has 0 radical (unpaired) electrons. The van der Waals surface area contributed by atoms with Crippen molar-refractivity contribution in [3.8, 4) is 0 Å². The molecule has 1 aromatic carbocycles. The first-order valence-electron chi connectivity index (χ1n) is 8.82. The van der Waals surface area contributed by atoms with Gasteiger partial charge in [-0.05, 0) is 47.7 Å². The van der Waals surface area contributed by atoms with Crippen LogP contribution in [0.15, 0.2) is 46.8 Å². The van der Waals surface area contributed by atoms with E-state index in [1.54, 1.807) is 11.3 Å².